The van der Waals surface area contributed by atoms with Gasteiger partial charge in [-0.1, -0.05) is 60.7 Å². The predicted molar refractivity (Wildman–Crippen MR) is 141 cm³/mol. The molecular formula is C29H37NO4S. The molecule has 0 aliphatic carbocycles. The summed E-state index contributed by atoms with van der Waals surface area (Å²) in [5.74, 6) is 1.19. The van der Waals surface area contributed by atoms with Gasteiger partial charge >= 0.3 is 12.1 Å². The Morgan fingerprint density at radius 1 is 0.971 bits per heavy atom. The average Bonchev–Trinajstić information content (AvgIpc) is 3.29. The highest BCUT2D eigenvalue weighted by Crippen LogP contribution is 2.53. The van der Waals surface area contributed by atoms with Crippen LogP contribution in [0, 0.1) is 5.92 Å². The lowest BCUT2D eigenvalue weighted by molar-refractivity contribution is -0.154. The Morgan fingerprint density at radius 2 is 1.60 bits per heavy atom. The summed E-state index contributed by atoms with van der Waals surface area (Å²) in [5.41, 5.74) is 2.08. The van der Waals surface area contributed by atoms with E-state index in [9.17, 15) is 9.59 Å². The van der Waals surface area contributed by atoms with Crippen molar-refractivity contribution in [3.05, 3.63) is 71.8 Å². The Morgan fingerprint density at radius 3 is 2.20 bits per heavy atom. The minimum Gasteiger partial charge on any atom is -0.460 e. The number of esters is 1. The smallest absolute Gasteiger partial charge is 0.409 e. The maximum absolute atomic E-state index is 13.0. The summed E-state index contributed by atoms with van der Waals surface area (Å²) in [6.07, 6.45) is 2.45. The molecule has 2 atom stereocenters. The van der Waals surface area contributed by atoms with Gasteiger partial charge in [0, 0.05) is 36.1 Å². The van der Waals surface area contributed by atoms with E-state index in [4.69, 9.17) is 9.47 Å². The molecule has 2 unspecified atom stereocenters. The minimum atomic E-state index is -0.469. The number of hydrogen-bond donors (Lipinski definition) is 0. The third-order valence-corrected chi connectivity index (χ3v) is 8.33. The average molecular weight is 496 g/mol. The Balaban J connectivity index is 1.39. The van der Waals surface area contributed by atoms with Crippen molar-refractivity contribution in [2.75, 3.05) is 25.4 Å². The van der Waals surface area contributed by atoms with E-state index in [0.29, 0.717) is 50.1 Å². The van der Waals surface area contributed by atoms with Crippen LogP contribution >= 0.6 is 11.8 Å². The Kier molecular flexibility index (Phi) is 8.10. The summed E-state index contributed by atoms with van der Waals surface area (Å²) >= 11 is 1.99. The first-order valence-electron chi connectivity index (χ1n) is 12.7. The van der Waals surface area contributed by atoms with Gasteiger partial charge in [-0.15, -0.1) is 0 Å². The SMILES string of the molecule is CC(C)(C)OC(=O)CCCCOC(=O)N1CC2SCCC(c3ccccc3)(c3ccccc3)C2C1. The molecule has 0 saturated carbocycles. The fourth-order valence-electron chi connectivity index (χ4n) is 5.49. The van der Waals surface area contributed by atoms with Crippen molar-refractivity contribution in [1.29, 1.82) is 0 Å². The van der Waals surface area contributed by atoms with E-state index in [1.807, 2.05) is 37.4 Å². The number of amides is 1. The van der Waals surface area contributed by atoms with Crippen molar-refractivity contribution < 1.29 is 19.1 Å². The molecule has 2 aromatic rings. The Hall–Kier alpha value is -2.47. The van der Waals surface area contributed by atoms with Crippen molar-refractivity contribution >= 4 is 23.8 Å². The summed E-state index contributed by atoms with van der Waals surface area (Å²) in [6, 6.07) is 21.6. The van der Waals surface area contributed by atoms with Gasteiger partial charge in [0.15, 0.2) is 0 Å². The first kappa shape index (κ1) is 25.6. The van der Waals surface area contributed by atoms with Gasteiger partial charge < -0.3 is 14.4 Å². The highest BCUT2D eigenvalue weighted by atomic mass is 32.2. The van der Waals surface area contributed by atoms with E-state index in [0.717, 1.165) is 12.2 Å². The fourth-order valence-corrected chi connectivity index (χ4v) is 7.07. The van der Waals surface area contributed by atoms with Gasteiger partial charge in [0.05, 0.1) is 6.61 Å². The number of ether oxygens (including phenoxy) is 2. The third-order valence-electron chi connectivity index (χ3n) is 6.98. The van der Waals surface area contributed by atoms with E-state index < -0.39 is 5.60 Å². The number of likely N-dealkylation sites (tertiary alicyclic amines) is 1. The number of benzene rings is 2. The van der Waals surface area contributed by atoms with Crippen molar-refractivity contribution in [3.63, 3.8) is 0 Å². The van der Waals surface area contributed by atoms with Crippen LogP contribution in [0.1, 0.15) is 57.6 Å². The van der Waals surface area contributed by atoms with E-state index in [-0.39, 0.29) is 17.5 Å². The van der Waals surface area contributed by atoms with Crippen molar-refractivity contribution in [3.8, 4) is 0 Å². The van der Waals surface area contributed by atoms with Gasteiger partial charge in [-0.25, -0.2) is 4.79 Å². The summed E-state index contributed by atoms with van der Waals surface area (Å²) in [6.45, 7) is 7.32. The van der Waals surface area contributed by atoms with Crippen LogP contribution in [0.2, 0.25) is 0 Å². The van der Waals surface area contributed by atoms with Crippen LogP contribution in [0.5, 0.6) is 0 Å². The number of hydrogen-bond acceptors (Lipinski definition) is 5. The predicted octanol–water partition coefficient (Wildman–Crippen LogP) is 6.06. The molecule has 0 aromatic heterocycles. The molecule has 35 heavy (non-hydrogen) atoms. The van der Waals surface area contributed by atoms with Gasteiger partial charge in [0.25, 0.3) is 0 Å². The molecule has 188 valence electrons. The van der Waals surface area contributed by atoms with Gasteiger partial charge in [0.2, 0.25) is 0 Å². The van der Waals surface area contributed by atoms with Gasteiger partial charge in [-0.2, -0.15) is 11.8 Å². The molecule has 5 nitrogen and oxygen atoms in total. The lowest BCUT2D eigenvalue weighted by Gasteiger charge is -2.46. The molecule has 2 fully saturated rings. The molecule has 0 spiro atoms. The number of rotatable bonds is 7. The zero-order valence-corrected chi connectivity index (χ0v) is 21.9. The molecule has 2 aliphatic rings. The zero-order chi connectivity index (χ0) is 24.9. The van der Waals surface area contributed by atoms with E-state index >= 15 is 0 Å². The number of fused-ring (bicyclic) bond motifs is 1. The van der Waals surface area contributed by atoms with Crippen LogP contribution in [0.15, 0.2) is 60.7 Å². The standard InChI is InChI=1S/C29H37NO4S/c1-28(2,3)34-26(31)16-10-11-18-33-27(32)30-20-24-25(21-30)35-19-17-29(24,22-12-6-4-7-13-22)23-14-8-5-9-15-23/h4-9,12-15,24-25H,10-11,16-21H2,1-3H3. The topological polar surface area (TPSA) is 55.8 Å². The molecule has 1 amide bonds. The molecular weight excluding hydrogens is 458 g/mol. The lowest BCUT2D eigenvalue weighted by atomic mass is 9.63. The molecule has 0 radical (unpaired) electrons. The van der Waals surface area contributed by atoms with Crippen LogP contribution in [-0.2, 0) is 19.7 Å². The highest BCUT2D eigenvalue weighted by Gasteiger charge is 2.53. The normalized spacial score (nSPS) is 21.3. The minimum absolute atomic E-state index is 0.110. The Bertz CT molecular complexity index is 949. The second-order valence-electron chi connectivity index (χ2n) is 10.5. The third kappa shape index (κ3) is 6.03. The second-order valence-corrected chi connectivity index (χ2v) is 11.9. The maximum atomic E-state index is 13.0. The van der Waals surface area contributed by atoms with Gasteiger partial charge in [0.1, 0.15) is 5.60 Å². The van der Waals surface area contributed by atoms with E-state index in [2.05, 4.69) is 60.7 Å². The number of carbonyl (C=O) groups is 2. The summed E-state index contributed by atoms with van der Waals surface area (Å²) in [4.78, 5) is 26.7. The zero-order valence-electron chi connectivity index (χ0n) is 21.1. The van der Waals surface area contributed by atoms with Crippen molar-refractivity contribution in [2.45, 2.75) is 62.7 Å². The van der Waals surface area contributed by atoms with Crippen molar-refractivity contribution in [1.82, 2.24) is 4.90 Å². The second kappa shape index (κ2) is 11.1. The van der Waals surface area contributed by atoms with Crippen LogP contribution in [0.3, 0.4) is 0 Å². The molecule has 6 heteroatoms. The molecule has 2 aromatic carbocycles. The molecule has 2 saturated heterocycles. The van der Waals surface area contributed by atoms with Gasteiger partial charge in [-0.05, 0) is 56.9 Å². The van der Waals surface area contributed by atoms with Crippen LogP contribution in [0.4, 0.5) is 4.79 Å². The van der Waals surface area contributed by atoms with E-state index in [1.165, 1.54) is 11.1 Å². The molecule has 0 N–H and O–H groups in total. The Labute approximate surface area is 213 Å². The summed E-state index contributed by atoms with van der Waals surface area (Å²) in [5, 5.41) is 0.379. The molecule has 4 rings (SSSR count). The number of unbranched alkanes of at least 4 members (excludes halogenated alkanes) is 1. The quantitative estimate of drug-likeness (QED) is 0.345. The summed E-state index contributed by atoms with van der Waals surface area (Å²) < 4.78 is 11.0. The van der Waals surface area contributed by atoms with Crippen LogP contribution < -0.4 is 0 Å². The number of nitrogens with zero attached hydrogens (tertiary/aromatic N) is 1. The molecule has 2 aliphatic heterocycles. The highest BCUT2D eigenvalue weighted by molar-refractivity contribution is 8.00. The van der Waals surface area contributed by atoms with Gasteiger partial charge in [-0.3, -0.25) is 4.79 Å². The van der Waals surface area contributed by atoms with E-state index in [1.54, 1.807) is 0 Å². The monoisotopic (exact) mass is 495 g/mol. The largest absolute Gasteiger partial charge is 0.460 e. The van der Waals surface area contributed by atoms with Crippen molar-refractivity contribution in [2.24, 2.45) is 5.92 Å². The molecule has 2 heterocycles. The number of carbonyl (C=O) groups excluding carboxylic acids is 2. The first-order valence-corrected chi connectivity index (χ1v) is 13.7. The lowest BCUT2D eigenvalue weighted by Crippen LogP contribution is -2.45. The van der Waals surface area contributed by atoms with Crippen LogP contribution in [0.25, 0.3) is 0 Å². The van der Waals surface area contributed by atoms with Crippen LogP contribution in [-0.4, -0.2) is 53.3 Å². The molecule has 0 bridgehead atoms. The number of thioether (sulfide) groups is 1. The first-order chi connectivity index (χ1) is 16.8. The fraction of sp³-hybridized carbons (Fsp3) is 0.517. The maximum Gasteiger partial charge on any atom is 0.409 e. The summed E-state index contributed by atoms with van der Waals surface area (Å²) in [7, 11) is 0.